The highest BCUT2D eigenvalue weighted by atomic mass is 32.2. The number of carboxylic acid groups (broad SMARTS) is 1. The molecule has 2 atom stereocenters. The van der Waals surface area contributed by atoms with Gasteiger partial charge >= 0.3 is 5.97 Å². The molecule has 3 amide bonds. The lowest BCUT2D eigenvalue weighted by atomic mass is 10.1. The number of sulfonamides is 1. The number of aliphatic carboxylic acids is 1. The van der Waals surface area contributed by atoms with Crippen molar-refractivity contribution in [2.24, 2.45) is 0 Å². The van der Waals surface area contributed by atoms with Crippen LogP contribution in [0.5, 0.6) is 0 Å². The van der Waals surface area contributed by atoms with E-state index in [1.54, 1.807) is 82.8 Å². The average Bonchev–Trinajstić information content (AvgIpc) is 3.85. The van der Waals surface area contributed by atoms with Gasteiger partial charge in [0.2, 0.25) is 27.3 Å². The number of pyridine rings is 1. The fourth-order valence-electron chi connectivity index (χ4n) is 8.58. The number of Topliss-reactive ketones (excluding diaryl/α,β-unsaturated/α-hetero) is 1. The lowest BCUT2D eigenvalue weighted by Gasteiger charge is -2.32. The van der Waals surface area contributed by atoms with E-state index in [-0.39, 0.29) is 61.9 Å². The first kappa shape index (κ1) is 56.8. The molecule has 23 nitrogen and oxygen atoms in total. The van der Waals surface area contributed by atoms with E-state index >= 15 is 0 Å². The maximum absolute atomic E-state index is 14.0. The molecule has 1 unspecified atom stereocenters. The molecule has 0 aliphatic carbocycles. The number of aliphatic hydroxyl groups excluding tert-OH is 2. The number of nitrogens with zero attached hydrogens (tertiary/aromatic N) is 6. The molecule has 72 heavy (non-hydrogen) atoms. The highest BCUT2D eigenvalue weighted by molar-refractivity contribution is 7.89. The SMILES string of the molecule is CC[C@H](NC(=O)CN1CCN(CO)CCN(CO)CCN(CC(=O)O)CC1)C(=O)NCCCn1cc(C(=O)NCC(NS(=O)(=O)c2c(C)cc(C)cc2C)C(C)=O)c(=O)c2ccc(CNc3ncc[nH]3)cc21. The van der Waals surface area contributed by atoms with E-state index in [9.17, 15) is 52.5 Å². The first-order valence-corrected chi connectivity index (χ1v) is 25.5. The Hall–Kier alpha value is -6.12. The number of hydrogen-bond donors (Lipinski definition) is 9. The number of aryl methyl sites for hydroxylation is 4. The monoisotopic (exact) mass is 1020 g/mol. The molecule has 4 aromatic rings. The number of imidazole rings is 1. The highest BCUT2D eigenvalue weighted by Crippen LogP contribution is 2.22. The van der Waals surface area contributed by atoms with Crippen LogP contribution in [0.25, 0.3) is 10.9 Å². The number of H-pyrrole nitrogens is 1. The Labute approximate surface area is 419 Å². The van der Waals surface area contributed by atoms with Crippen molar-refractivity contribution < 1.29 is 47.7 Å². The standard InChI is InChI=1S/C48H70N12O11S/c1-6-39(54-42(64)28-56-14-15-57(29-43(65)66)17-19-59(31-62)21-20-58(30-61)18-16-56)47(69)49-10-7-13-60-27-38(44(67)37-9-8-36(24-41(37)60)25-53-48-50-11-12-51-48)46(68)52-26-40(35(5)63)55-72(70,71)45-33(3)22-32(2)23-34(45)4/h8-9,11-12,22-24,27,39-40,55,61-62H,6-7,10,13-21,25-26,28-31H2,1-5H3,(H,49,69)(H,52,68)(H,54,64)(H,65,66)(H2,50,51,53)/t39-,40?/m0/s1. The number of aromatic nitrogens is 3. The molecule has 3 heterocycles. The molecule has 24 heteroatoms. The average molecular weight is 1020 g/mol. The second kappa shape index (κ2) is 27.1. The first-order chi connectivity index (χ1) is 34.3. The van der Waals surface area contributed by atoms with Gasteiger partial charge in [0.1, 0.15) is 17.4 Å². The van der Waals surface area contributed by atoms with Crippen molar-refractivity contribution in [3.05, 3.63) is 87.0 Å². The second-order valence-electron chi connectivity index (χ2n) is 18.1. The van der Waals surface area contributed by atoms with E-state index < -0.39 is 63.6 Å². The number of aromatic amines is 1. The summed E-state index contributed by atoms with van der Waals surface area (Å²) in [6.07, 6.45) is 5.27. The Morgan fingerprint density at radius 3 is 2.00 bits per heavy atom. The Bertz CT molecular complexity index is 2660. The number of anilines is 1. The van der Waals surface area contributed by atoms with Crippen LogP contribution in [-0.4, -0.2) is 191 Å². The molecular formula is C48H70N12O11S. The van der Waals surface area contributed by atoms with Gasteiger partial charge in [-0.2, -0.15) is 4.72 Å². The molecular weight excluding hydrogens is 953 g/mol. The van der Waals surface area contributed by atoms with Crippen LogP contribution in [-0.2, 0) is 42.3 Å². The summed E-state index contributed by atoms with van der Waals surface area (Å²) < 4.78 is 31.2. The van der Waals surface area contributed by atoms with E-state index in [1.165, 1.54) is 13.1 Å². The van der Waals surface area contributed by atoms with Crippen LogP contribution in [0.3, 0.4) is 0 Å². The Morgan fingerprint density at radius 1 is 0.833 bits per heavy atom. The Morgan fingerprint density at radius 2 is 1.44 bits per heavy atom. The van der Waals surface area contributed by atoms with Gasteiger partial charge in [-0.15, -0.1) is 0 Å². The number of carboxylic acids is 1. The zero-order valence-corrected chi connectivity index (χ0v) is 42.5. The molecule has 1 saturated heterocycles. The number of amides is 3. The maximum Gasteiger partial charge on any atom is 0.317 e. The summed E-state index contributed by atoms with van der Waals surface area (Å²) in [7, 11) is -4.20. The summed E-state index contributed by atoms with van der Waals surface area (Å²) in [6.45, 7) is 10.8. The fourth-order valence-corrected chi connectivity index (χ4v) is 10.3. The maximum atomic E-state index is 14.0. The summed E-state index contributed by atoms with van der Waals surface area (Å²) in [5.74, 6) is -2.68. The topological polar surface area (TPSA) is 304 Å². The zero-order valence-electron chi connectivity index (χ0n) is 41.7. The number of carbonyl (C=O) groups excluding carboxylic acids is 4. The van der Waals surface area contributed by atoms with Gasteiger partial charge in [0.05, 0.1) is 43.0 Å². The number of benzene rings is 2. The summed E-state index contributed by atoms with van der Waals surface area (Å²) in [5, 5.41) is 41.0. The van der Waals surface area contributed by atoms with Crippen molar-refractivity contribution in [1.82, 2.24) is 54.8 Å². The van der Waals surface area contributed by atoms with Crippen molar-refractivity contribution in [2.45, 2.75) is 77.5 Å². The molecule has 9 N–H and O–H groups in total. The van der Waals surface area contributed by atoms with Crippen LogP contribution in [0.1, 0.15) is 59.3 Å². The summed E-state index contributed by atoms with van der Waals surface area (Å²) >= 11 is 0. The minimum atomic E-state index is -4.20. The van der Waals surface area contributed by atoms with Crippen LogP contribution in [0.15, 0.2) is 58.6 Å². The van der Waals surface area contributed by atoms with Crippen LogP contribution >= 0.6 is 0 Å². The molecule has 0 bridgehead atoms. The van der Waals surface area contributed by atoms with Crippen molar-refractivity contribution in [2.75, 3.05) is 97.3 Å². The normalized spacial score (nSPS) is 15.8. The van der Waals surface area contributed by atoms with Crippen LogP contribution < -0.4 is 31.4 Å². The quantitative estimate of drug-likeness (QED) is 0.0425. The van der Waals surface area contributed by atoms with Crippen LogP contribution in [0.4, 0.5) is 5.95 Å². The van der Waals surface area contributed by atoms with Gasteiger partial charge in [0.15, 0.2) is 5.95 Å². The first-order valence-electron chi connectivity index (χ1n) is 24.0. The van der Waals surface area contributed by atoms with Crippen molar-refractivity contribution in [3.63, 3.8) is 0 Å². The van der Waals surface area contributed by atoms with Crippen LogP contribution in [0.2, 0.25) is 0 Å². The van der Waals surface area contributed by atoms with Gasteiger partial charge in [-0.1, -0.05) is 30.7 Å². The molecule has 394 valence electrons. The minimum absolute atomic E-state index is 0.0341. The van der Waals surface area contributed by atoms with Gasteiger partial charge in [-0.05, 0) is 69.4 Å². The molecule has 5 rings (SSSR count). The smallest absolute Gasteiger partial charge is 0.317 e. The van der Waals surface area contributed by atoms with Gasteiger partial charge in [-0.3, -0.25) is 48.4 Å². The third-order valence-corrected chi connectivity index (χ3v) is 14.2. The van der Waals surface area contributed by atoms with E-state index in [4.69, 9.17) is 0 Å². The predicted octanol–water partition coefficient (Wildman–Crippen LogP) is -0.465. The van der Waals surface area contributed by atoms with E-state index in [1.807, 2.05) is 11.8 Å². The molecule has 1 aliphatic heterocycles. The highest BCUT2D eigenvalue weighted by Gasteiger charge is 2.28. The second-order valence-corrected chi connectivity index (χ2v) is 19.7. The molecule has 0 saturated carbocycles. The number of aliphatic hydroxyl groups is 2. The van der Waals surface area contributed by atoms with Gasteiger partial charge < -0.3 is 46.1 Å². The third kappa shape index (κ3) is 16.5. The number of fused-ring (bicyclic) bond motifs is 1. The van der Waals surface area contributed by atoms with Crippen molar-refractivity contribution in [1.29, 1.82) is 0 Å². The lowest BCUT2D eigenvalue weighted by molar-refractivity contribution is -0.138. The van der Waals surface area contributed by atoms with E-state index in [0.717, 1.165) is 11.1 Å². The van der Waals surface area contributed by atoms with E-state index in [0.29, 0.717) is 87.9 Å². The number of nitrogens with one attached hydrogen (secondary N) is 6. The molecule has 2 aromatic carbocycles. The molecule has 1 aliphatic rings. The van der Waals surface area contributed by atoms with Gasteiger partial charge in [0.25, 0.3) is 5.91 Å². The van der Waals surface area contributed by atoms with Crippen molar-refractivity contribution in [3.8, 4) is 0 Å². The minimum Gasteiger partial charge on any atom is -0.480 e. The van der Waals surface area contributed by atoms with Gasteiger partial charge in [-0.25, -0.2) is 13.4 Å². The molecule has 2 aromatic heterocycles. The third-order valence-electron chi connectivity index (χ3n) is 12.5. The van der Waals surface area contributed by atoms with Gasteiger partial charge in [0, 0.05) is 103 Å². The predicted molar refractivity (Wildman–Crippen MR) is 270 cm³/mol. The Kier molecular flexibility index (Phi) is 21.4. The molecule has 0 spiro atoms. The number of rotatable bonds is 23. The molecule has 0 radical (unpaired) electrons. The summed E-state index contributed by atoms with van der Waals surface area (Å²) in [4.78, 5) is 93.5. The number of hydrogen-bond acceptors (Lipinski definition) is 16. The molecule has 1 fully saturated rings. The largest absolute Gasteiger partial charge is 0.480 e. The van der Waals surface area contributed by atoms with E-state index in [2.05, 4.69) is 36.0 Å². The fraction of sp³-hybridized carbons (Fsp3) is 0.521. The Balaban J connectivity index is 1.26. The summed E-state index contributed by atoms with van der Waals surface area (Å²) in [5.41, 5.74) is 2.32. The number of carbonyl (C=O) groups is 5. The zero-order chi connectivity index (χ0) is 52.5. The lowest BCUT2D eigenvalue weighted by Crippen LogP contribution is -2.51. The van der Waals surface area contributed by atoms with Crippen molar-refractivity contribution >= 4 is 56.3 Å². The number of ketones is 1. The summed E-state index contributed by atoms with van der Waals surface area (Å²) in [6, 6.07) is 6.37. The van der Waals surface area contributed by atoms with Crippen LogP contribution in [0, 0.1) is 20.8 Å².